The second-order valence-electron chi connectivity index (χ2n) is 17.7. The lowest BCUT2D eigenvalue weighted by Crippen LogP contribution is -2.64. The lowest BCUT2D eigenvalue weighted by atomic mass is 9.85. The fourth-order valence-corrected chi connectivity index (χ4v) is 8.79. The summed E-state index contributed by atoms with van der Waals surface area (Å²) in [6.07, 6.45) is 28.4. The zero-order valence-electron chi connectivity index (χ0n) is 38.9. The Morgan fingerprint density at radius 2 is 0.823 bits per heavy atom. The highest BCUT2D eigenvalue weighted by atomic mass is 31.2. The number of aliphatic hydroxyl groups is 5. The van der Waals surface area contributed by atoms with E-state index in [1.54, 1.807) is 0 Å². The van der Waals surface area contributed by atoms with Crippen LogP contribution < -0.4 is 0 Å². The van der Waals surface area contributed by atoms with Crippen LogP contribution in [0.2, 0.25) is 0 Å². The zero-order chi connectivity index (χ0) is 45.7. The van der Waals surface area contributed by atoms with Gasteiger partial charge in [0, 0.05) is 12.8 Å². The van der Waals surface area contributed by atoms with E-state index in [9.17, 15) is 44.6 Å². The molecule has 0 spiro atoms. The Bertz CT molecular complexity index is 1140. The van der Waals surface area contributed by atoms with E-state index in [4.69, 9.17) is 18.5 Å². The van der Waals surface area contributed by atoms with Gasteiger partial charge in [-0.2, -0.15) is 0 Å². The van der Waals surface area contributed by atoms with Gasteiger partial charge in [0.15, 0.2) is 6.10 Å². The summed E-state index contributed by atoms with van der Waals surface area (Å²) < 4.78 is 33.6. The third-order valence-electron chi connectivity index (χ3n) is 11.9. The molecule has 1 fully saturated rings. The number of carbonyl (C=O) groups is 2. The number of aliphatic hydroxyl groups excluding tert-OH is 5. The van der Waals surface area contributed by atoms with Crippen molar-refractivity contribution in [2.24, 2.45) is 0 Å². The van der Waals surface area contributed by atoms with Crippen molar-refractivity contribution in [3.05, 3.63) is 12.2 Å². The number of unbranched alkanes of at least 4 members (excludes halogenated alkanes) is 28. The van der Waals surface area contributed by atoms with Crippen molar-refractivity contribution in [1.29, 1.82) is 0 Å². The summed E-state index contributed by atoms with van der Waals surface area (Å²) in [7, 11) is -5.11. The molecule has 0 aromatic carbocycles. The SMILES string of the molecule is CCCCCCCC/C=C/CCCCCCCCCCCCCC(=O)OC[C@@H](COP(=O)(O)OC1C(O)C(O)C(O)[C@H](O)C1O)OC(=O)CCCCCCCCCCCCCC. The fourth-order valence-electron chi connectivity index (χ4n) is 7.81. The number of carbonyl (C=O) groups excluding carboxylic acids is 2. The lowest BCUT2D eigenvalue weighted by Gasteiger charge is -2.41. The second-order valence-corrected chi connectivity index (χ2v) is 19.1. The Balaban J connectivity index is 2.36. The molecule has 62 heavy (non-hydrogen) atoms. The van der Waals surface area contributed by atoms with Crippen LogP contribution in [0.5, 0.6) is 0 Å². The van der Waals surface area contributed by atoms with Crippen molar-refractivity contribution in [2.75, 3.05) is 13.2 Å². The molecule has 0 amide bonds. The van der Waals surface area contributed by atoms with Gasteiger partial charge in [0.05, 0.1) is 6.61 Å². The number of ether oxygens (including phenoxy) is 2. The quantitative estimate of drug-likeness (QED) is 0.0146. The maximum absolute atomic E-state index is 12.8. The van der Waals surface area contributed by atoms with Crippen LogP contribution in [0.4, 0.5) is 0 Å². The normalized spacial score (nSPS) is 21.9. The van der Waals surface area contributed by atoms with Crippen molar-refractivity contribution in [3.8, 4) is 0 Å². The van der Waals surface area contributed by atoms with Gasteiger partial charge < -0.3 is 39.9 Å². The molecule has 0 saturated heterocycles. The summed E-state index contributed by atoms with van der Waals surface area (Å²) in [5, 5.41) is 50.2. The van der Waals surface area contributed by atoms with Gasteiger partial charge in [0.25, 0.3) is 0 Å². The number of phosphoric acid groups is 1. The second kappa shape index (κ2) is 38.8. The predicted octanol–water partition coefficient (Wildman–Crippen LogP) is 10.2. The molecule has 1 saturated carbocycles. The summed E-state index contributed by atoms with van der Waals surface area (Å²) in [6, 6.07) is 0. The smallest absolute Gasteiger partial charge is 0.462 e. The van der Waals surface area contributed by atoms with Crippen LogP contribution in [-0.4, -0.2) is 98.3 Å². The Hall–Kier alpha value is -1.41. The van der Waals surface area contributed by atoms with Crippen molar-refractivity contribution < 1.29 is 63.1 Å². The molecule has 1 aliphatic carbocycles. The van der Waals surface area contributed by atoms with Gasteiger partial charge in [0.2, 0.25) is 0 Å². The Morgan fingerprint density at radius 1 is 0.484 bits per heavy atom. The maximum atomic E-state index is 12.8. The molecule has 0 radical (unpaired) electrons. The molecule has 13 nitrogen and oxygen atoms in total. The van der Waals surface area contributed by atoms with Crippen LogP contribution in [0.25, 0.3) is 0 Å². The van der Waals surface area contributed by atoms with Crippen LogP contribution in [0.3, 0.4) is 0 Å². The van der Waals surface area contributed by atoms with Gasteiger partial charge in [-0.25, -0.2) is 4.57 Å². The Labute approximate surface area is 375 Å². The van der Waals surface area contributed by atoms with Crippen LogP contribution in [0.1, 0.15) is 226 Å². The molecule has 0 heterocycles. The van der Waals surface area contributed by atoms with Crippen molar-refractivity contribution >= 4 is 19.8 Å². The van der Waals surface area contributed by atoms with Gasteiger partial charge in [0.1, 0.15) is 43.2 Å². The summed E-state index contributed by atoms with van der Waals surface area (Å²) in [5.74, 6) is -1.09. The number of rotatable bonds is 42. The summed E-state index contributed by atoms with van der Waals surface area (Å²) in [5.41, 5.74) is 0. The minimum Gasteiger partial charge on any atom is -0.462 e. The fraction of sp³-hybridized carbons (Fsp3) is 0.917. The number of esters is 2. The highest BCUT2D eigenvalue weighted by Crippen LogP contribution is 2.47. The van der Waals surface area contributed by atoms with E-state index in [1.165, 1.54) is 141 Å². The summed E-state index contributed by atoms with van der Waals surface area (Å²) >= 11 is 0. The highest BCUT2D eigenvalue weighted by Gasteiger charge is 2.51. The third kappa shape index (κ3) is 30.7. The van der Waals surface area contributed by atoms with Gasteiger partial charge in [-0.05, 0) is 38.5 Å². The number of hydrogen-bond donors (Lipinski definition) is 6. The summed E-state index contributed by atoms with van der Waals surface area (Å²) in [4.78, 5) is 35.7. The molecule has 14 heteroatoms. The number of phosphoric ester groups is 1. The van der Waals surface area contributed by atoms with Crippen LogP contribution in [0, 0.1) is 0 Å². The lowest BCUT2D eigenvalue weighted by molar-refractivity contribution is -0.220. The van der Waals surface area contributed by atoms with Crippen LogP contribution in [-0.2, 0) is 32.7 Å². The highest BCUT2D eigenvalue weighted by molar-refractivity contribution is 7.47. The van der Waals surface area contributed by atoms with Crippen LogP contribution in [0.15, 0.2) is 12.2 Å². The van der Waals surface area contributed by atoms with Gasteiger partial charge in [-0.15, -0.1) is 0 Å². The van der Waals surface area contributed by atoms with E-state index in [0.717, 1.165) is 44.9 Å². The molecule has 0 aromatic heterocycles. The molecule has 366 valence electrons. The standard InChI is InChI=1S/C48H91O13P/c1-3-5-7-9-11-13-15-17-18-19-20-21-22-23-24-25-27-28-30-32-34-36-41(49)58-38-40(60-42(50)37-35-33-31-29-26-16-14-12-10-8-6-4-2)39-59-62(56,57)61-48-46(54)44(52)43(51)45(53)47(48)55/h17-18,40,43-48,51-55H,3-16,19-39H2,1-2H3,(H,56,57)/b18-17+/t40-,43?,44-,45?,46?,47?,48?/m0/s1. The Kier molecular flexibility index (Phi) is 36.7. The zero-order valence-corrected chi connectivity index (χ0v) is 39.8. The van der Waals surface area contributed by atoms with Gasteiger partial charge in [-0.3, -0.25) is 18.6 Å². The first kappa shape index (κ1) is 58.6. The van der Waals surface area contributed by atoms with E-state index in [2.05, 4.69) is 26.0 Å². The minimum absolute atomic E-state index is 0.102. The predicted molar refractivity (Wildman–Crippen MR) is 244 cm³/mol. The first-order valence-corrected chi connectivity index (χ1v) is 26.5. The molecule has 0 aromatic rings. The molecule has 1 rings (SSSR count). The van der Waals surface area contributed by atoms with Crippen molar-refractivity contribution in [1.82, 2.24) is 0 Å². The molecule has 6 unspecified atom stereocenters. The monoisotopic (exact) mass is 907 g/mol. The molecule has 8 atom stereocenters. The Morgan fingerprint density at radius 3 is 1.23 bits per heavy atom. The first-order chi connectivity index (χ1) is 29.9. The van der Waals surface area contributed by atoms with Gasteiger partial charge >= 0.3 is 19.8 Å². The molecule has 0 bridgehead atoms. The molecular weight excluding hydrogens is 815 g/mol. The maximum Gasteiger partial charge on any atom is 0.472 e. The minimum atomic E-state index is -5.11. The molecular formula is C48H91O13P. The number of hydrogen-bond acceptors (Lipinski definition) is 12. The first-order valence-electron chi connectivity index (χ1n) is 25.0. The van der Waals surface area contributed by atoms with Crippen molar-refractivity contribution in [2.45, 2.75) is 268 Å². The largest absolute Gasteiger partial charge is 0.472 e. The van der Waals surface area contributed by atoms with Crippen molar-refractivity contribution in [3.63, 3.8) is 0 Å². The van der Waals surface area contributed by atoms with E-state index in [1.807, 2.05) is 0 Å². The van der Waals surface area contributed by atoms with E-state index >= 15 is 0 Å². The average Bonchev–Trinajstić information content (AvgIpc) is 3.25. The van der Waals surface area contributed by atoms with E-state index in [0.29, 0.717) is 12.8 Å². The van der Waals surface area contributed by atoms with E-state index < -0.39 is 75.7 Å². The summed E-state index contributed by atoms with van der Waals surface area (Å²) in [6.45, 7) is 3.31. The molecule has 1 aliphatic rings. The van der Waals surface area contributed by atoms with Crippen LogP contribution >= 0.6 is 7.82 Å². The average molecular weight is 907 g/mol. The topological polar surface area (TPSA) is 210 Å². The molecule has 0 aliphatic heterocycles. The molecule has 6 N–H and O–H groups in total. The number of allylic oxidation sites excluding steroid dienone is 2. The third-order valence-corrected chi connectivity index (χ3v) is 12.8. The van der Waals surface area contributed by atoms with Gasteiger partial charge in [-0.1, -0.05) is 187 Å². The van der Waals surface area contributed by atoms with E-state index in [-0.39, 0.29) is 12.8 Å².